The molecule has 1 heterocycles. The van der Waals surface area contributed by atoms with Crippen LogP contribution in [0.2, 0.25) is 0 Å². The summed E-state index contributed by atoms with van der Waals surface area (Å²) in [7, 11) is 0. The normalized spacial score (nSPS) is 15.0. The molecule has 0 radical (unpaired) electrons. The van der Waals surface area contributed by atoms with E-state index in [4.69, 9.17) is 9.47 Å². The molecule has 0 saturated carbocycles. The molecule has 0 aliphatic carbocycles. The average Bonchev–Trinajstić information content (AvgIpc) is 2.97. The van der Waals surface area contributed by atoms with Crippen LogP contribution in [0.25, 0.3) is 0 Å². The minimum absolute atomic E-state index is 0.412. The maximum atomic E-state index is 12.1. The molecule has 0 unspecified atom stereocenters. The van der Waals surface area contributed by atoms with E-state index in [1.54, 1.807) is 0 Å². The molecule has 0 atom stereocenters. The lowest BCUT2D eigenvalue weighted by molar-refractivity contribution is 0.140. The molecule has 1 aromatic rings. The summed E-state index contributed by atoms with van der Waals surface area (Å²) < 4.78 is 11.3. The smallest absolute Gasteiger partial charge is 0.411 e. The third-order valence-electron chi connectivity index (χ3n) is 5.22. The van der Waals surface area contributed by atoms with E-state index in [0.717, 1.165) is 26.1 Å². The second-order valence-corrected chi connectivity index (χ2v) is 7.63. The Kier molecular flexibility index (Phi) is 11.5. The van der Waals surface area contributed by atoms with Gasteiger partial charge in [-0.3, -0.25) is 10.2 Å². The number of amides is 1. The van der Waals surface area contributed by atoms with Crippen LogP contribution in [0.5, 0.6) is 5.75 Å². The molecule has 158 valence electrons. The molecular weight excluding hydrogens is 352 g/mol. The largest absolute Gasteiger partial charge is 0.491 e. The van der Waals surface area contributed by atoms with E-state index < -0.39 is 6.09 Å². The Balaban J connectivity index is 1.65. The van der Waals surface area contributed by atoms with Gasteiger partial charge in [0.25, 0.3) is 0 Å². The highest BCUT2D eigenvalue weighted by Crippen LogP contribution is 2.24. The molecule has 1 aliphatic rings. The Labute approximate surface area is 170 Å². The number of hydrogen-bond donors (Lipinski definition) is 1. The molecule has 0 bridgehead atoms. The van der Waals surface area contributed by atoms with Crippen molar-refractivity contribution in [2.45, 2.75) is 71.1 Å². The number of para-hydroxylation sites is 2. The second kappa shape index (κ2) is 14.3. The molecule has 0 aromatic heterocycles. The zero-order valence-electron chi connectivity index (χ0n) is 17.6. The second-order valence-electron chi connectivity index (χ2n) is 7.63. The average molecular weight is 391 g/mol. The van der Waals surface area contributed by atoms with Gasteiger partial charge in [0.15, 0.2) is 0 Å². The van der Waals surface area contributed by atoms with Crippen LogP contribution >= 0.6 is 0 Å². The van der Waals surface area contributed by atoms with Crippen molar-refractivity contribution in [3.8, 4) is 5.75 Å². The SMILES string of the molecule is CCCCCCCCOc1ccccc1NC(=O)OCCN1CCCCCC1. The fourth-order valence-corrected chi connectivity index (χ4v) is 3.53. The third kappa shape index (κ3) is 9.45. The standard InChI is InChI=1S/C23H38N2O3/c1-2-3-4-5-8-13-19-27-22-15-10-9-14-21(22)24-23(26)28-20-18-25-16-11-6-7-12-17-25/h9-10,14-15H,2-8,11-13,16-20H2,1H3,(H,24,26). The van der Waals surface area contributed by atoms with E-state index in [9.17, 15) is 4.79 Å². The van der Waals surface area contributed by atoms with Crippen LogP contribution in [-0.4, -0.2) is 43.8 Å². The van der Waals surface area contributed by atoms with Crippen molar-refractivity contribution in [2.24, 2.45) is 0 Å². The van der Waals surface area contributed by atoms with Crippen LogP contribution in [0.15, 0.2) is 24.3 Å². The number of benzene rings is 1. The molecule has 1 aromatic carbocycles. The first-order valence-corrected chi connectivity index (χ1v) is 11.2. The van der Waals surface area contributed by atoms with Gasteiger partial charge in [-0.15, -0.1) is 0 Å². The maximum Gasteiger partial charge on any atom is 0.411 e. The first-order chi connectivity index (χ1) is 13.8. The molecule has 1 amide bonds. The summed E-state index contributed by atoms with van der Waals surface area (Å²) in [4.78, 5) is 14.5. The molecule has 5 heteroatoms. The fourth-order valence-electron chi connectivity index (χ4n) is 3.53. The van der Waals surface area contributed by atoms with Gasteiger partial charge in [-0.25, -0.2) is 4.79 Å². The van der Waals surface area contributed by atoms with Crippen LogP contribution in [-0.2, 0) is 4.74 Å². The number of rotatable bonds is 12. The monoisotopic (exact) mass is 390 g/mol. The van der Waals surface area contributed by atoms with E-state index in [2.05, 4.69) is 17.1 Å². The van der Waals surface area contributed by atoms with Crippen molar-refractivity contribution in [2.75, 3.05) is 38.2 Å². The zero-order valence-corrected chi connectivity index (χ0v) is 17.6. The van der Waals surface area contributed by atoms with E-state index in [-0.39, 0.29) is 0 Å². The first kappa shape index (κ1) is 22.5. The molecule has 1 N–H and O–H groups in total. The van der Waals surface area contributed by atoms with Gasteiger partial charge in [-0.05, 0) is 44.5 Å². The summed E-state index contributed by atoms with van der Waals surface area (Å²) in [6.45, 7) is 6.36. The predicted octanol–water partition coefficient (Wildman–Crippen LogP) is 5.85. The lowest BCUT2D eigenvalue weighted by atomic mass is 10.1. The predicted molar refractivity (Wildman–Crippen MR) is 115 cm³/mol. The number of carbonyl (C=O) groups excluding carboxylic acids is 1. The van der Waals surface area contributed by atoms with Crippen LogP contribution in [0.3, 0.4) is 0 Å². The number of hydrogen-bond acceptors (Lipinski definition) is 4. The lowest BCUT2D eigenvalue weighted by Crippen LogP contribution is -2.30. The van der Waals surface area contributed by atoms with Crippen molar-refractivity contribution in [3.05, 3.63) is 24.3 Å². The summed E-state index contributed by atoms with van der Waals surface area (Å²) >= 11 is 0. The van der Waals surface area contributed by atoms with Crippen molar-refractivity contribution < 1.29 is 14.3 Å². The Morgan fingerprint density at radius 2 is 1.68 bits per heavy atom. The Morgan fingerprint density at radius 3 is 2.46 bits per heavy atom. The van der Waals surface area contributed by atoms with Crippen molar-refractivity contribution in [3.63, 3.8) is 0 Å². The van der Waals surface area contributed by atoms with Gasteiger partial charge in [0, 0.05) is 6.54 Å². The quantitative estimate of drug-likeness (QED) is 0.455. The van der Waals surface area contributed by atoms with E-state index >= 15 is 0 Å². The molecular formula is C23H38N2O3. The minimum atomic E-state index is -0.412. The van der Waals surface area contributed by atoms with E-state index in [1.807, 2.05) is 24.3 Å². The third-order valence-corrected chi connectivity index (χ3v) is 5.22. The minimum Gasteiger partial charge on any atom is -0.491 e. The molecule has 2 rings (SSSR count). The maximum absolute atomic E-state index is 12.1. The lowest BCUT2D eigenvalue weighted by Gasteiger charge is -2.19. The van der Waals surface area contributed by atoms with Gasteiger partial charge in [0.1, 0.15) is 12.4 Å². The van der Waals surface area contributed by atoms with Crippen LogP contribution in [0, 0.1) is 0 Å². The molecule has 28 heavy (non-hydrogen) atoms. The summed E-state index contributed by atoms with van der Waals surface area (Å²) in [5.74, 6) is 0.709. The van der Waals surface area contributed by atoms with Crippen LogP contribution < -0.4 is 10.1 Å². The molecule has 1 saturated heterocycles. The number of ether oxygens (including phenoxy) is 2. The summed E-state index contributed by atoms with van der Waals surface area (Å²) in [5, 5.41) is 2.82. The van der Waals surface area contributed by atoms with Crippen LogP contribution in [0.4, 0.5) is 10.5 Å². The number of carbonyl (C=O) groups is 1. The molecule has 5 nitrogen and oxygen atoms in total. The highest BCUT2D eigenvalue weighted by atomic mass is 16.5. The molecule has 1 fully saturated rings. The van der Waals surface area contributed by atoms with E-state index in [1.165, 1.54) is 57.8 Å². The van der Waals surface area contributed by atoms with Gasteiger partial charge in [0.2, 0.25) is 0 Å². The number of nitrogens with zero attached hydrogens (tertiary/aromatic N) is 1. The number of likely N-dealkylation sites (tertiary alicyclic amines) is 1. The van der Waals surface area contributed by atoms with Crippen molar-refractivity contribution in [1.82, 2.24) is 4.90 Å². The summed E-state index contributed by atoms with van der Waals surface area (Å²) in [6, 6.07) is 7.56. The Hall–Kier alpha value is -1.75. The van der Waals surface area contributed by atoms with Gasteiger partial charge < -0.3 is 9.47 Å². The summed E-state index contributed by atoms with van der Waals surface area (Å²) in [5.41, 5.74) is 0.674. The highest BCUT2D eigenvalue weighted by molar-refractivity contribution is 5.86. The van der Waals surface area contributed by atoms with Crippen molar-refractivity contribution >= 4 is 11.8 Å². The topological polar surface area (TPSA) is 50.8 Å². The van der Waals surface area contributed by atoms with Gasteiger partial charge in [-0.2, -0.15) is 0 Å². The molecule has 0 spiro atoms. The summed E-state index contributed by atoms with van der Waals surface area (Å²) in [6.07, 6.45) is 12.1. The van der Waals surface area contributed by atoms with Gasteiger partial charge in [0.05, 0.1) is 12.3 Å². The number of anilines is 1. The number of nitrogens with one attached hydrogen (secondary N) is 1. The highest BCUT2D eigenvalue weighted by Gasteiger charge is 2.11. The molecule has 1 aliphatic heterocycles. The number of unbranched alkanes of at least 4 members (excludes halogenated alkanes) is 5. The van der Waals surface area contributed by atoms with Crippen molar-refractivity contribution in [1.29, 1.82) is 0 Å². The van der Waals surface area contributed by atoms with E-state index in [0.29, 0.717) is 24.7 Å². The Bertz CT molecular complexity index is 542. The first-order valence-electron chi connectivity index (χ1n) is 11.2. The Morgan fingerprint density at radius 1 is 0.964 bits per heavy atom. The fraction of sp³-hybridized carbons (Fsp3) is 0.696. The van der Waals surface area contributed by atoms with Gasteiger partial charge in [-0.1, -0.05) is 64.0 Å². The van der Waals surface area contributed by atoms with Crippen LogP contribution in [0.1, 0.15) is 71.1 Å². The zero-order chi connectivity index (χ0) is 19.9. The van der Waals surface area contributed by atoms with Gasteiger partial charge >= 0.3 is 6.09 Å².